The van der Waals surface area contributed by atoms with Crippen molar-refractivity contribution in [3.8, 4) is 0 Å². The molecule has 2 N–H and O–H groups in total. The molecule has 174 valence electrons. The van der Waals surface area contributed by atoms with E-state index in [9.17, 15) is 4.79 Å². The molecule has 0 radical (unpaired) electrons. The SMILES string of the molecule is COC(=O)C(N)c1csc(N2CC(c3ccccc3)(C(C)(C)C)C2(O[SiH3])c2ccccc2)n1. The van der Waals surface area contributed by atoms with E-state index in [2.05, 4.69) is 62.1 Å². The largest absolute Gasteiger partial charge is 0.468 e. The van der Waals surface area contributed by atoms with Crippen LogP contribution in [0.1, 0.15) is 43.6 Å². The minimum atomic E-state index is -0.911. The zero-order chi connectivity index (χ0) is 23.9. The molecule has 3 unspecified atom stereocenters. The van der Waals surface area contributed by atoms with E-state index in [0.29, 0.717) is 16.2 Å². The molecule has 8 heteroatoms. The summed E-state index contributed by atoms with van der Waals surface area (Å²) in [6.07, 6.45) is 0. The van der Waals surface area contributed by atoms with Crippen LogP contribution < -0.4 is 10.6 Å². The summed E-state index contributed by atoms with van der Waals surface area (Å²) in [5.74, 6) is -0.503. The molecule has 4 rings (SSSR count). The Morgan fingerprint density at radius 2 is 1.70 bits per heavy atom. The quantitative estimate of drug-likeness (QED) is 0.430. The summed E-state index contributed by atoms with van der Waals surface area (Å²) in [5, 5.41) is 2.61. The average molecular weight is 482 g/mol. The molecular weight excluding hydrogens is 450 g/mol. The molecule has 1 aromatic heterocycles. The van der Waals surface area contributed by atoms with Gasteiger partial charge in [-0.2, -0.15) is 0 Å². The van der Waals surface area contributed by atoms with E-state index in [1.165, 1.54) is 24.0 Å². The number of rotatable bonds is 6. The second-order valence-corrected chi connectivity index (χ2v) is 10.6. The molecule has 1 saturated heterocycles. The number of carbonyl (C=O) groups excluding carboxylic acids is 1. The lowest BCUT2D eigenvalue weighted by Gasteiger charge is -2.70. The maximum atomic E-state index is 12.0. The monoisotopic (exact) mass is 481 g/mol. The fraction of sp³-hybridized carbons (Fsp3) is 0.360. The molecule has 0 bridgehead atoms. The summed E-state index contributed by atoms with van der Waals surface area (Å²) in [7, 11) is 1.86. The van der Waals surface area contributed by atoms with Crippen LogP contribution in [0.3, 0.4) is 0 Å². The van der Waals surface area contributed by atoms with E-state index in [-0.39, 0.29) is 10.8 Å². The van der Waals surface area contributed by atoms with Crippen LogP contribution in [-0.2, 0) is 25.1 Å². The summed E-state index contributed by atoms with van der Waals surface area (Å²) in [6.45, 7) is 7.54. The number of esters is 1. The van der Waals surface area contributed by atoms with Gasteiger partial charge in [0.25, 0.3) is 0 Å². The first-order chi connectivity index (χ1) is 15.7. The Morgan fingerprint density at radius 1 is 1.12 bits per heavy atom. The van der Waals surface area contributed by atoms with Crippen LogP contribution in [0.15, 0.2) is 66.0 Å². The first-order valence-electron chi connectivity index (χ1n) is 11.0. The first kappa shape index (κ1) is 23.6. The summed E-state index contributed by atoms with van der Waals surface area (Å²) in [5.41, 5.74) is 7.68. The van der Waals surface area contributed by atoms with Crippen molar-refractivity contribution >= 4 is 32.9 Å². The van der Waals surface area contributed by atoms with Gasteiger partial charge >= 0.3 is 5.97 Å². The number of anilines is 1. The van der Waals surface area contributed by atoms with Gasteiger partial charge in [-0.3, -0.25) is 0 Å². The highest BCUT2D eigenvalue weighted by Gasteiger charge is 2.71. The van der Waals surface area contributed by atoms with Crippen molar-refractivity contribution in [3.05, 3.63) is 82.9 Å². The van der Waals surface area contributed by atoms with E-state index in [0.717, 1.165) is 17.2 Å². The Labute approximate surface area is 202 Å². The highest BCUT2D eigenvalue weighted by molar-refractivity contribution is 7.13. The smallest absolute Gasteiger partial charge is 0.328 e. The van der Waals surface area contributed by atoms with E-state index >= 15 is 0 Å². The molecule has 1 aliphatic rings. The number of hydrogen-bond acceptors (Lipinski definition) is 7. The van der Waals surface area contributed by atoms with Crippen molar-refractivity contribution in [2.45, 2.75) is 38.0 Å². The Bertz CT molecular complexity index is 1120. The second-order valence-electron chi connectivity index (χ2n) is 9.38. The maximum absolute atomic E-state index is 12.0. The number of benzene rings is 2. The number of carbonyl (C=O) groups is 1. The number of nitrogens with two attached hydrogens (primary N) is 1. The molecule has 2 aromatic carbocycles. The Balaban J connectivity index is 1.91. The van der Waals surface area contributed by atoms with Crippen molar-refractivity contribution in [2.75, 3.05) is 18.6 Å². The fourth-order valence-corrected chi connectivity index (χ4v) is 6.95. The molecule has 1 fully saturated rings. The van der Waals surface area contributed by atoms with Gasteiger partial charge in [-0.15, -0.1) is 11.3 Å². The predicted octanol–water partition coefficient (Wildman–Crippen LogP) is 3.27. The molecule has 0 spiro atoms. The van der Waals surface area contributed by atoms with Crippen LogP contribution in [0.5, 0.6) is 0 Å². The number of aromatic nitrogens is 1. The van der Waals surface area contributed by atoms with Gasteiger partial charge in [0.05, 0.1) is 18.2 Å². The average Bonchev–Trinajstić information content (AvgIpc) is 3.28. The van der Waals surface area contributed by atoms with Crippen molar-refractivity contribution in [1.29, 1.82) is 0 Å². The van der Waals surface area contributed by atoms with Gasteiger partial charge in [-0.05, 0) is 11.0 Å². The molecule has 33 heavy (non-hydrogen) atoms. The van der Waals surface area contributed by atoms with Crippen LogP contribution in [-0.4, -0.2) is 35.1 Å². The minimum Gasteiger partial charge on any atom is -0.468 e. The number of nitrogens with zero attached hydrogens (tertiary/aromatic N) is 2. The number of methoxy groups -OCH3 is 1. The third-order valence-electron chi connectivity index (χ3n) is 6.88. The lowest BCUT2D eigenvalue weighted by molar-refractivity contribution is -0.142. The van der Waals surface area contributed by atoms with Crippen LogP contribution in [0.4, 0.5) is 5.13 Å². The Kier molecular flexibility index (Phi) is 6.22. The van der Waals surface area contributed by atoms with Crippen LogP contribution >= 0.6 is 11.3 Å². The second kappa shape index (κ2) is 8.68. The van der Waals surface area contributed by atoms with Gasteiger partial charge in [-0.25, -0.2) is 9.78 Å². The molecule has 0 amide bonds. The molecule has 0 saturated carbocycles. The maximum Gasteiger partial charge on any atom is 0.328 e. The normalized spacial score (nSPS) is 23.7. The Morgan fingerprint density at radius 3 is 2.21 bits per heavy atom. The van der Waals surface area contributed by atoms with Crippen molar-refractivity contribution in [2.24, 2.45) is 11.1 Å². The molecule has 0 aliphatic carbocycles. The Hall–Kier alpha value is -2.52. The zero-order valence-corrected chi connectivity index (χ0v) is 22.6. The molecule has 6 nitrogen and oxygen atoms in total. The van der Waals surface area contributed by atoms with Crippen LogP contribution in [0.2, 0.25) is 0 Å². The predicted molar refractivity (Wildman–Crippen MR) is 135 cm³/mol. The van der Waals surface area contributed by atoms with Crippen LogP contribution in [0.25, 0.3) is 0 Å². The summed E-state index contributed by atoms with van der Waals surface area (Å²) >= 11 is 1.47. The van der Waals surface area contributed by atoms with Crippen LogP contribution in [0, 0.1) is 5.41 Å². The van der Waals surface area contributed by atoms with Gasteiger partial charge in [0.2, 0.25) is 0 Å². The van der Waals surface area contributed by atoms with Gasteiger partial charge in [0, 0.05) is 17.5 Å². The summed E-state index contributed by atoms with van der Waals surface area (Å²) in [6, 6.07) is 20.1. The molecule has 3 aromatic rings. The molecule has 3 atom stereocenters. The number of hydrogen-bond donors (Lipinski definition) is 1. The van der Waals surface area contributed by atoms with Gasteiger partial charge in [0.15, 0.2) is 10.9 Å². The van der Waals surface area contributed by atoms with Gasteiger partial charge < -0.3 is 19.8 Å². The van der Waals surface area contributed by atoms with Crippen molar-refractivity contribution in [3.63, 3.8) is 0 Å². The first-order valence-corrected chi connectivity index (χ1v) is 12.6. The summed E-state index contributed by atoms with van der Waals surface area (Å²) in [4.78, 5) is 19.0. The topological polar surface area (TPSA) is 77.7 Å². The number of ether oxygens (including phenoxy) is 1. The van der Waals surface area contributed by atoms with Gasteiger partial charge in [-0.1, -0.05) is 81.4 Å². The molecule has 1 aliphatic heterocycles. The fourth-order valence-electron chi connectivity index (χ4n) is 5.24. The minimum absolute atomic E-state index is 0.131. The third kappa shape index (κ3) is 3.44. The molecule has 2 heterocycles. The highest BCUT2D eigenvalue weighted by atomic mass is 32.1. The third-order valence-corrected chi connectivity index (χ3v) is 8.35. The summed E-state index contributed by atoms with van der Waals surface area (Å²) < 4.78 is 11.5. The van der Waals surface area contributed by atoms with E-state index in [1.54, 1.807) is 0 Å². The number of thiazole rings is 1. The van der Waals surface area contributed by atoms with E-state index in [1.807, 2.05) is 29.6 Å². The lowest BCUT2D eigenvalue weighted by Crippen LogP contribution is -2.79. The van der Waals surface area contributed by atoms with E-state index in [4.69, 9.17) is 19.9 Å². The van der Waals surface area contributed by atoms with Crippen molar-refractivity contribution in [1.82, 2.24) is 4.98 Å². The molecular formula is C25H31N3O3SSi. The van der Waals surface area contributed by atoms with Crippen molar-refractivity contribution < 1.29 is 14.0 Å². The zero-order valence-electron chi connectivity index (χ0n) is 19.7. The standard InChI is InChI=1S/C25H31N3O3SSi/c1-23(2,3)24(17-11-7-5-8-12-17)16-28(25(24,31-33)18-13-9-6-10-14-18)22-27-19(15-32-22)20(26)21(29)30-4/h5-15,20H,16,26H2,1-4,33H3. The van der Waals surface area contributed by atoms with E-state index < -0.39 is 17.7 Å². The van der Waals surface area contributed by atoms with Gasteiger partial charge in [0.1, 0.15) is 16.5 Å². The lowest BCUT2D eigenvalue weighted by atomic mass is 9.50. The highest BCUT2D eigenvalue weighted by Crippen LogP contribution is 2.64.